The Bertz CT molecular complexity index is 1000. The van der Waals surface area contributed by atoms with E-state index in [4.69, 9.17) is 0 Å². The number of likely N-dealkylation sites (tertiary alicyclic amines) is 1. The number of nitro benzene ring substituents is 1. The summed E-state index contributed by atoms with van der Waals surface area (Å²) in [6, 6.07) is 7.95. The molecule has 9 nitrogen and oxygen atoms in total. The minimum atomic E-state index is -0.907. The van der Waals surface area contributed by atoms with Crippen molar-refractivity contribution in [3.63, 3.8) is 0 Å². The van der Waals surface area contributed by atoms with Crippen molar-refractivity contribution in [1.82, 2.24) is 9.88 Å². The molecule has 1 fully saturated rings. The van der Waals surface area contributed by atoms with E-state index in [-0.39, 0.29) is 23.6 Å². The molecule has 1 aliphatic heterocycles. The van der Waals surface area contributed by atoms with Gasteiger partial charge in [-0.1, -0.05) is 12.1 Å². The number of aromatic nitrogens is 1. The van der Waals surface area contributed by atoms with Crippen LogP contribution in [-0.4, -0.2) is 58.8 Å². The third-order valence-electron chi connectivity index (χ3n) is 4.97. The number of Topliss-reactive ketones (excluding diaryl/α,β-unsaturated/α-hetero) is 1. The molecule has 2 heterocycles. The molecule has 1 aliphatic rings. The minimum Gasteiger partial charge on any atom is -0.507 e. The van der Waals surface area contributed by atoms with E-state index < -0.39 is 22.7 Å². The highest BCUT2D eigenvalue weighted by molar-refractivity contribution is 6.46. The Balaban J connectivity index is 2.12. The predicted octanol–water partition coefficient (Wildman–Crippen LogP) is 0.946. The van der Waals surface area contributed by atoms with Crippen molar-refractivity contribution in [2.45, 2.75) is 12.5 Å². The van der Waals surface area contributed by atoms with Crippen LogP contribution in [0.25, 0.3) is 5.76 Å². The molecule has 1 aromatic carbocycles. The van der Waals surface area contributed by atoms with Crippen LogP contribution >= 0.6 is 0 Å². The number of benzene rings is 1. The lowest BCUT2D eigenvalue weighted by Gasteiger charge is -2.25. The average Bonchev–Trinajstić information content (AvgIpc) is 2.98. The summed E-state index contributed by atoms with van der Waals surface area (Å²) in [5.74, 6) is -1.86. The Morgan fingerprint density at radius 3 is 2.57 bits per heavy atom. The standard InChI is InChI=1S/C21H22N4O5/c1-23(2)11-4-12-24-18(15-5-3-6-16(13-15)25(29)30)17(20(27)21(24)28)19(26)14-7-9-22-10-8-14/h3,5-10,13,18,26H,4,11-12H2,1-2H3/p+1/t18-/m1/s1. The number of amides is 1. The summed E-state index contributed by atoms with van der Waals surface area (Å²) >= 11 is 0. The van der Waals surface area contributed by atoms with Gasteiger partial charge in [0.25, 0.3) is 17.4 Å². The van der Waals surface area contributed by atoms with Crippen molar-refractivity contribution < 1.29 is 24.5 Å². The number of quaternary nitrogens is 1. The van der Waals surface area contributed by atoms with Gasteiger partial charge in [0, 0.05) is 43.1 Å². The minimum absolute atomic E-state index is 0.0797. The summed E-state index contributed by atoms with van der Waals surface area (Å²) in [5.41, 5.74) is 0.510. The SMILES string of the molecule is C[NH+](C)CCCN1C(=O)C(=O)C(=C(O)c2ccncc2)[C@H]1c1cccc([N+](=O)[O-])c1. The van der Waals surface area contributed by atoms with Gasteiger partial charge in [-0.2, -0.15) is 0 Å². The fraction of sp³-hybridized carbons (Fsp3) is 0.286. The normalized spacial score (nSPS) is 18.2. The number of hydrogen-bond donors (Lipinski definition) is 2. The molecule has 0 bridgehead atoms. The zero-order valence-corrected chi connectivity index (χ0v) is 16.7. The van der Waals surface area contributed by atoms with Crippen LogP contribution in [0.15, 0.2) is 54.4 Å². The molecular weight excluding hydrogens is 388 g/mol. The van der Waals surface area contributed by atoms with E-state index in [0.717, 1.165) is 6.54 Å². The molecule has 3 rings (SSSR count). The number of aliphatic hydroxyl groups excluding tert-OH is 1. The first kappa shape index (κ1) is 21.1. The lowest BCUT2D eigenvalue weighted by Crippen LogP contribution is -3.05. The van der Waals surface area contributed by atoms with Gasteiger partial charge in [-0.3, -0.25) is 24.7 Å². The highest BCUT2D eigenvalue weighted by Gasteiger charge is 2.46. The first-order valence-electron chi connectivity index (χ1n) is 9.53. The third-order valence-corrected chi connectivity index (χ3v) is 4.97. The van der Waals surface area contributed by atoms with E-state index in [0.29, 0.717) is 17.5 Å². The molecule has 2 N–H and O–H groups in total. The fourth-order valence-electron chi connectivity index (χ4n) is 3.53. The van der Waals surface area contributed by atoms with E-state index in [1.54, 1.807) is 6.07 Å². The number of nitrogens with zero attached hydrogens (tertiary/aromatic N) is 3. The number of aliphatic hydroxyl groups is 1. The smallest absolute Gasteiger partial charge is 0.295 e. The number of hydrogen-bond acceptors (Lipinski definition) is 6. The van der Waals surface area contributed by atoms with Crippen molar-refractivity contribution in [2.24, 2.45) is 0 Å². The van der Waals surface area contributed by atoms with Gasteiger partial charge in [-0.25, -0.2) is 0 Å². The van der Waals surface area contributed by atoms with Gasteiger partial charge >= 0.3 is 0 Å². The second-order valence-corrected chi connectivity index (χ2v) is 7.39. The molecule has 0 radical (unpaired) electrons. The summed E-state index contributed by atoms with van der Waals surface area (Å²) in [5, 5.41) is 22.1. The van der Waals surface area contributed by atoms with E-state index in [2.05, 4.69) is 4.98 Å². The van der Waals surface area contributed by atoms with Gasteiger partial charge < -0.3 is 14.9 Å². The number of carbonyl (C=O) groups is 2. The third kappa shape index (κ3) is 4.20. The predicted molar refractivity (Wildman–Crippen MR) is 109 cm³/mol. The van der Waals surface area contributed by atoms with Crippen molar-refractivity contribution in [2.75, 3.05) is 27.2 Å². The van der Waals surface area contributed by atoms with Crippen LogP contribution < -0.4 is 4.90 Å². The Morgan fingerprint density at radius 2 is 1.93 bits per heavy atom. The zero-order valence-electron chi connectivity index (χ0n) is 16.7. The highest BCUT2D eigenvalue weighted by atomic mass is 16.6. The van der Waals surface area contributed by atoms with Gasteiger partial charge in [0.2, 0.25) is 0 Å². The van der Waals surface area contributed by atoms with E-state index >= 15 is 0 Å². The summed E-state index contributed by atoms with van der Waals surface area (Å²) in [6.45, 7) is 1.06. The average molecular weight is 411 g/mol. The number of carbonyl (C=O) groups excluding carboxylic acids is 2. The molecule has 2 aromatic rings. The molecule has 9 heteroatoms. The maximum Gasteiger partial charge on any atom is 0.295 e. The van der Waals surface area contributed by atoms with Crippen LogP contribution in [-0.2, 0) is 9.59 Å². The van der Waals surface area contributed by atoms with E-state index in [9.17, 15) is 24.8 Å². The summed E-state index contributed by atoms with van der Waals surface area (Å²) in [4.78, 5) is 42.9. The number of non-ortho nitro benzene ring substituents is 1. The molecule has 0 spiro atoms. The lowest BCUT2D eigenvalue weighted by molar-refractivity contribution is -0.858. The Kier molecular flexibility index (Phi) is 6.22. The quantitative estimate of drug-likeness (QED) is 0.230. The lowest BCUT2D eigenvalue weighted by atomic mass is 9.95. The molecular formula is C21H23N4O5+. The van der Waals surface area contributed by atoms with Crippen molar-refractivity contribution in [1.29, 1.82) is 0 Å². The van der Waals surface area contributed by atoms with Gasteiger partial charge in [0.1, 0.15) is 5.76 Å². The van der Waals surface area contributed by atoms with Gasteiger partial charge in [0.15, 0.2) is 0 Å². The van der Waals surface area contributed by atoms with E-state index in [1.165, 1.54) is 52.5 Å². The molecule has 30 heavy (non-hydrogen) atoms. The number of ketones is 1. The molecule has 156 valence electrons. The summed E-state index contributed by atoms with van der Waals surface area (Å²) in [6.07, 6.45) is 3.57. The number of nitrogens with one attached hydrogen (secondary N) is 1. The Labute approximate surface area is 173 Å². The summed E-state index contributed by atoms with van der Waals surface area (Å²) in [7, 11) is 3.96. The second kappa shape index (κ2) is 8.83. The van der Waals surface area contributed by atoms with Crippen molar-refractivity contribution in [3.05, 3.63) is 75.6 Å². The molecule has 1 saturated heterocycles. The number of pyridine rings is 1. The second-order valence-electron chi connectivity index (χ2n) is 7.39. The molecule has 0 saturated carbocycles. The topological polar surface area (TPSA) is 118 Å². The molecule has 0 aliphatic carbocycles. The molecule has 1 aromatic heterocycles. The Hall–Kier alpha value is -3.59. The van der Waals surface area contributed by atoms with Crippen LogP contribution in [0, 0.1) is 10.1 Å². The van der Waals surface area contributed by atoms with Crippen LogP contribution in [0.3, 0.4) is 0 Å². The van der Waals surface area contributed by atoms with Crippen LogP contribution in [0.1, 0.15) is 23.6 Å². The first-order chi connectivity index (χ1) is 14.3. The Morgan fingerprint density at radius 1 is 1.23 bits per heavy atom. The molecule has 1 atom stereocenters. The molecule has 0 unspecified atom stereocenters. The van der Waals surface area contributed by atoms with Crippen molar-refractivity contribution >= 4 is 23.1 Å². The van der Waals surface area contributed by atoms with Gasteiger partial charge in [-0.15, -0.1) is 0 Å². The molecule has 1 amide bonds. The maximum absolute atomic E-state index is 12.9. The number of rotatable bonds is 7. The van der Waals surface area contributed by atoms with E-state index in [1.807, 2.05) is 14.1 Å². The number of nitro groups is 1. The monoisotopic (exact) mass is 411 g/mol. The fourth-order valence-corrected chi connectivity index (χ4v) is 3.53. The van der Waals surface area contributed by atoms with Gasteiger partial charge in [-0.05, 0) is 17.7 Å². The first-order valence-corrected chi connectivity index (χ1v) is 9.53. The van der Waals surface area contributed by atoms with Crippen molar-refractivity contribution in [3.8, 4) is 0 Å². The van der Waals surface area contributed by atoms with Crippen LogP contribution in [0.5, 0.6) is 0 Å². The maximum atomic E-state index is 12.9. The highest BCUT2D eigenvalue weighted by Crippen LogP contribution is 2.40. The largest absolute Gasteiger partial charge is 0.507 e. The zero-order chi connectivity index (χ0) is 21.8. The summed E-state index contributed by atoms with van der Waals surface area (Å²) < 4.78 is 0. The van der Waals surface area contributed by atoms with Crippen LogP contribution in [0.2, 0.25) is 0 Å². The van der Waals surface area contributed by atoms with Crippen LogP contribution in [0.4, 0.5) is 5.69 Å². The van der Waals surface area contributed by atoms with Gasteiger partial charge in [0.05, 0.1) is 37.2 Å².